The quantitative estimate of drug-likeness (QED) is 0.827. The van der Waals surface area contributed by atoms with E-state index >= 15 is 0 Å². The van der Waals surface area contributed by atoms with Gasteiger partial charge in [0.15, 0.2) is 5.82 Å². The third-order valence-corrected chi connectivity index (χ3v) is 4.77. The van der Waals surface area contributed by atoms with Gasteiger partial charge in [0.2, 0.25) is 10.0 Å². The summed E-state index contributed by atoms with van der Waals surface area (Å²) in [4.78, 5) is -1.14. The highest BCUT2D eigenvalue weighted by Crippen LogP contribution is 2.49. The van der Waals surface area contributed by atoms with Crippen LogP contribution in [0.4, 0.5) is 22.0 Å². The van der Waals surface area contributed by atoms with E-state index in [0.717, 1.165) is 0 Å². The molecule has 1 aromatic carbocycles. The van der Waals surface area contributed by atoms with E-state index in [9.17, 15) is 30.4 Å². The van der Waals surface area contributed by atoms with E-state index < -0.39 is 63.3 Å². The molecule has 1 fully saturated rings. The van der Waals surface area contributed by atoms with Gasteiger partial charge in [-0.3, -0.25) is 0 Å². The normalized spacial score (nSPS) is 17.8. The second-order valence-electron chi connectivity index (χ2n) is 4.68. The smallest absolute Gasteiger partial charge is 0.391 e. The van der Waals surface area contributed by atoms with Crippen LogP contribution in [-0.4, -0.2) is 25.2 Å². The van der Waals surface area contributed by atoms with E-state index in [1.807, 2.05) is 0 Å². The predicted molar refractivity (Wildman–Crippen MR) is 60.6 cm³/mol. The first-order valence-electron chi connectivity index (χ1n) is 5.72. The first kappa shape index (κ1) is 16.1. The van der Waals surface area contributed by atoms with E-state index in [2.05, 4.69) is 0 Å². The average molecular weight is 331 g/mol. The fraction of sp³-hybridized carbons (Fsp3) is 0.455. The van der Waals surface area contributed by atoms with Crippen LogP contribution in [0.3, 0.4) is 0 Å². The second-order valence-corrected chi connectivity index (χ2v) is 6.33. The maximum Gasteiger partial charge on any atom is 0.407 e. The minimum atomic E-state index is -4.84. The van der Waals surface area contributed by atoms with Gasteiger partial charge in [-0.1, -0.05) is 0 Å². The Morgan fingerprint density at radius 1 is 1.24 bits per heavy atom. The Hall–Kier alpha value is -1.26. The van der Waals surface area contributed by atoms with Crippen LogP contribution >= 0.6 is 0 Å². The van der Waals surface area contributed by atoms with Gasteiger partial charge < -0.3 is 5.11 Å². The van der Waals surface area contributed by atoms with E-state index in [1.54, 1.807) is 0 Å². The van der Waals surface area contributed by atoms with Crippen molar-refractivity contribution in [3.8, 4) is 0 Å². The fourth-order valence-corrected chi connectivity index (χ4v) is 3.36. The van der Waals surface area contributed by atoms with Crippen molar-refractivity contribution >= 4 is 10.0 Å². The molecule has 0 spiro atoms. The van der Waals surface area contributed by atoms with Crippen LogP contribution in [0.25, 0.3) is 0 Å². The Labute approximate surface area is 116 Å². The van der Waals surface area contributed by atoms with Gasteiger partial charge >= 0.3 is 6.18 Å². The number of hydrogen-bond donors (Lipinski definition) is 2. The number of halogens is 5. The molecule has 0 bridgehead atoms. The fourth-order valence-electron chi connectivity index (χ4n) is 1.81. The lowest BCUT2D eigenvalue weighted by Crippen LogP contribution is -2.47. The summed E-state index contributed by atoms with van der Waals surface area (Å²) >= 11 is 0. The molecule has 0 atom stereocenters. The molecule has 4 nitrogen and oxygen atoms in total. The number of rotatable bonds is 4. The Morgan fingerprint density at radius 3 is 2.24 bits per heavy atom. The number of benzene rings is 1. The molecule has 0 unspecified atom stereocenters. The van der Waals surface area contributed by atoms with Crippen LogP contribution in [0.1, 0.15) is 18.4 Å². The van der Waals surface area contributed by atoms with Gasteiger partial charge in [-0.25, -0.2) is 17.2 Å². The molecule has 2 rings (SSSR count). The molecule has 1 aliphatic rings. The lowest BCUT2D eigenvalue weighted by molar-refractivity contribution is -0.160. The van der Waals surface area contributed by atoms with E-state index in [4.69, 9.17) is 5.11 Å². The molecule has 1 aromatic rings. The summed E-state index contributed by atoms with van der Waals surface area (Å²) in [5.41, 5.74) is -3.53. The average Bonchev–Trinajstić information content (AvgIpc) is 3.08. The summed E-state index contributed by atoms with van der Waals surface area (Å²) in [6.45, 7) is -1.12. The van der Waals surface area contributed by atoms with Gasteiger partial charge in [-0.2, -0.15) is 17.9 Å². The molecule has 118 valence electrons. The van der Waals surface area contributed by atoms with E-state index in [-0.39, 0.29) is 0 Å². The molecule has 1 saturated carbocycles. The molecular weight excluding hydrogens is 321 g/mol. The topological polar surface area (TPSA) is 66.4 Å². The first-order chi connectivity index (χ1) is 9.54. The summed E-state index contributed by atoms with van der Waals surface area (Å²) in [7, 11) is -4.84. The highest BCUT2D eigenvalue weighted by Gasteiger charge is 2.65. The van der Waals surface area contributed by atoms with Crippen LogP contribution < -0.4 is 4.72 Å². The van der Waals surface area contributed by atoms with Gasteiger partial charge in [0, 0.05) is 0 Å². The monoisotopic (exact) mass is 331 g/mol. The molecule has 0 amide bonds. The van der Waals surface area contributed by atoms with E-state index in [1.165, 1.54) is 4.72 Å². The molecule has 2 N–H and O–H groups in total. The van der Waals surface area contributed by atoms with Crippen LogP contribution in [0, 0.1) is 11.6 Å². The number of alkyl halides is 3. The number of aliphatic hydroxyl groups excluding tert-OH is 1. The van der Waals surface area contributed by atoms with Crippen LogP contribution in [0.5, 0.6) is 0 Å². The lowest BCUT2D eigenvalue weighted by Gasteiger charge is -2.21. The van der Waals surface area contributed by atoms with Gasteiger partial charge in [0.1, 0.15) is 16.3 Å². The van der Waals surface area contributed by atoms with Crippen molar-refractivity contribution in [2.24, 2.45) is 0 Å². The summed E-state index contributed by atoms with van der Waals surface area (Å²) in [5.74, 6) is -2.80. The molecule has 0 aliphatic heterocycles. The van der Waals surface area contributed by atoms with Crippen LogP contribution in [0.15, 0.2) is 17.0 Å². The Kier molecular flexibility index (Phi) is 3.75. The maximum atomic E-state index is 13.8. The van der Waals surface area contributed by atoms with Gasteiger partial charge in [-0.15, -0.1) is 0 Å². The molecule has 0 heterocycles. The highest BCUT2D eigenvalue weighted by atomic mass is 32.2. The molecule has 21 heavy (non-hydrogen) atoms. The Balaban J connectivity index is 2.43. The minimum Gasteiger partial charge on any atom is -0.391 e. The van der Waals surface area contributed by atoms with E-state index in [0.29, 0.717) is 12.1 Å². The minimum absolute atomic E-state index is 0.453. The van der Waals surface area contributed by atoms with Gasteiger partial charge in [0.05, 0.1) is 12.2 Å². The van der Waals surface area contributed by atoms with Crippen molar-refractivity contribution in [1.29, 1.82) is 0 Å². The van der Waals surface area contributed by atoms with Crippen molar-refractivity contribution in [3.05, 3.63) is 29.3 Å². The SMILES string of the molecule is O=S(=O)(NC1(C(F)(F)F)CC1)c1ccc(F)c(CO)c1F. The van der Waals surface area contributed by atoms with Gasteiger partial charge in [0.25, 0.3) is 0 Å². The molecular formula is C11H10F5NO3S. The third-order valence-electron chi connectivity index (χ3n) is 3.22. The van der Waals surface area contributed by atoms with Crippen molar-refractivity contribution < 1.29 is 35.5 Å². The van der Waals surface area contributed by atoms with Crippen molar-refractivity contribution in [3.63, 3.8) is 0 Å². The highest BCUT2D eigenvalue weighted by molar-refractivity contribution is 7.89. The number of hydrogen-bond acceptors (Lipinski definition) is 3. The molecule has 0 radical (unpaired) electrons. The van der Waals surface area contributed by atoms with Gasteiger partial charge in [-0.05, 0) is 25.0 Å². The zero-order valence-electron chi connectivity index (χ0n) is 10.3. The molecule has 0 saturated heterocycles. The molecule has 1 aliphatic carbocycles. The zero-order chi connectivity index (χ0) is 16.1. The van der Waals surface area contributed by atoms with Crippen molar-refractivity contribution in [2.45, 2.75) is 36.1 Å². The van der Waals surface area contributed by atoms with Crippen LogP contribution in [0.2, 0.25) is 0 Å². The van der Waals surface area contributed by atoms with Crippen molar-refractivity contribution in [1.82, 2.24) is 4.72 Å². The third kappa shape index (κ3) is 2.74. The number of aliphatic hydroxyl groups is 1. The molecule has 10 heteroatoms. The standard InChI is InChI=1S/C11H10F5NO3S/c12-7-1-2-8(9(13)6(7)5-18)21(19,20)17-10(3-4-10)11(14,15)16/h1-2,17-18H,3-5H2. The first-order valence-corrected chi connectivity index (χ1v) is 7.21. The summed E-state index contributed by atoms with van der Waals surface area (Å²) < 4.78 is 90.4. The predicted octanol–water partition coefficient (Wildman–Crippen LogP) is 1.83. The summed E-state index contributed by atoms with van der Waals surface area (Å²) in [5, 5.41) is 8.79. The largest absolute Gasteiger partial charge is 0.407 e. The lowest BCUT2D eigenvalue weighted by atomic mass is 10.2. The maximum absolute atomic E-state index is 13.8. The Morgan fingerprint density at radius 2 is 1.81 bits per heavy atom. The Bertz CT molecular complexity index is 667. The van der Waals surface area contributed by atoms with Crippen LogP contribution in [-0.2, 0) is 16.6 Å². The second kappa shape index (κ2) is 4.89. The van der Waals surface area contributed by atoms with Crippen molar-refractivity contribution in [2.75, 3.05) is 0 Å². The number of sulfonamides is 1. The summed E-state index contributed by atoms with van der Waals surface area (Å²) in [6.07, 6.45) is -5.72. The molecule has 0 aromatic heterocycles. The number of nitrogens with one attached hydrogen (secondary N) is 1. The zero-order valence-corrected chi connectivity index (χ0v) is 11.2. The summed E-state index contributed by atoms with van der Waals surface area (Å²) in [6, 6.07) is 1.08.